The van der Waals surface area contributed by atoms with Crippen molar-refractivity contribution in [3.8, 4) is 0 Å². The average Bonchev–Trinajstić information content (AvgIpc) is 3.11. The summed E-state index contributed by atoms with van der Waals surface area (Å²) < 4.78 is 47.2. The molecular weight excluding hydrogens is 429 g/mol. The van der Waals surface area contributed by atoms with Crippen molar-refractivity contribution < 1.29 is 22.3 Å². The highest BCUT2D eigenvalue weighted by Gasteiger charge is 2.32. The summed E-state index contributed by atoms with van der Waals surface area (Å²) in [6.45, 7) is 4.23. The minimum absolute atomic E-state index is 0.113. The van der Waals surface area contributed by atoms with Crippen LogP contribution >= 0.6 is 11.3 Å². The Morgan fingerprint density at radius 2 is 1.83 bits per heavy atom. The van der Waals surface area contributed by atoms with Crippen molar-refractivity contribution in [1.82, 2.24) is 9.29 Å². The first-order valence-corrected chi connectivity index (χ1v) is 11.6. The summed E-state index contributed by atoms with van der Waals surface area (Å²) >= 11 is 1.16. The third-order valence-electron chi connectivity index (χ3n) is 4.73. The van der Waals surface area contributed by atoms with Crippen molar-refractivity contribution in [2.24, 2.45) is 0 Å². The van der Waals surface area contributed by atoms with Crippen molar-refractivity contribution in [1.29, 1.82) is 0 Å². The molecule has 1 fully saturated rings. The Balaban J connectivity index is 1.51. The molecule has 0 saturated carbocycles. The molecule has 10 heteroatoms. The monoisotopic (exact) mass is 449 g/mol. The van der Waals surface area contributed by atoms with E-state index >= 15 is 0 Å². The highest BCUT2D eigenvalue weighted by atomic mass is 32.2. The number of benzene rings is 2. The summed E-state index contributed by atoms with van der Waals surface area (Å²) in [5.74, 6) is -0.905. The number of halogens is 1. The Bertz CT molecular complexity index is 1180. The Morgan fingerprint density at radius 1 is 1.17 bits per heavy atom. The Kier molecular flexibility index (Phi) is 5.58. The maximum atomic E-state index is 13.8. The minimum atomic E-state index is -3.68. The number of para-hydroxylation sites is 1. The van der Waals surface area contributed by atoms with Gasteiger partial charge in [0.05, 0.1) is 21.8 Å². The van der Waals surface area contributed by atoms with Gasteiger partial charge < -0.3 is 4.74 Å². The highest BCUT2D eigenvalue weighted by molar-refractivity contribution is 7.89. The van der Waals surface area contributed by atoms with E-state index in [2.05, 4.69) is 10.3 Å². The number of fused-ring (bicyclic) bond motifs is 1. The summed E-state index contributed by atoms with van der Waals surface area (Å²) in [5.41, 5.74) is 0.477. The van der Waals surface area contributed by atoms with Crippen LogP contribution in [0.25, 0.3) is 10.2 Å². The number of ether oxygens (including phenoxy) is 1. The van der Waals surface area contributed by atoms with Gasteiger partial charge in [-0.15, -0.1) is 0 Å². The average molecular weight is 450 g/mol. The van der Waals surface area contributed by atoms with Gasteiger partial charge in [-0.05, 0) is 50.2 Å². The van der Waals surface area contributed by atoms with E-state index < -0.39 is 21.7 Å². The van der Waals surface area contributed by atoms with Crippen LogP contribution < -0.4 is 5.32 Å². The van der Waals surface area contributed by atoms with Crippen LogP contribution in [0.5, 0.6) is 0 Å². The quantitative estimate of drug-likeness (QED) is 0.659. The summed E-state index contributed by atoms with van der Waals surface area (Å²) in [4.78, 5) is 16.7. The third kappa shape index (κ3) is 4.08. The van der Waals surface area contributed by atoms with Crippen LogP contribution in [-0.2, 0) is 14.8 Å². The first-order valence-electron chi connectivity index (χ1n) is 9.36. The summed E-state index contributed by atoms with van der Waals surface area (Å²) in [6, 6.07) is 10.3. The molecule has 2 aromatic carbocycles. The van der Waals surface area contributed by atoms with Gasteiger partial charge in [-0.1, -0.05) is 17.4 Å². The number of thiazole rings is 1. The Morgan fingerprint density at radius 3 is 2.47 bits per heavy atom. The van der Waals surface area contributed by atoms with E-state index in [4.69, 9.17) is 4.74 Å². The lowest BCUT2D eigenvalue weighted by Crippen LogP contribution is -2.48. The fraction of sp³-hybridized carbons (Fsp3) is 0.300. The molecule has 0 unspecified atom stereocenters. The maximum absolute atomic E-state index is 13.8. The zero-order valence-corrected chi connectivity index (χ0v) is 18.0. The van der Waals surface area contributed by atoms with Crippen molar-refractivity contribution in [3.63, 3.8) is 0 Å². The molecule has 1 aliphatic rings. The van der Waals surface area contributed by atoms with Crippen LogP contribution in [0.2, 0.25) is 0 Å². The fourth-order valence-corrected chi connectivity index (χ4v) is 5.86. The molecule has 1 amide bonds. The number of anilines is 1. The van der Waals surface area contributed by atoms with Gasteiger partial charge in [-0.2, -0.15) is 4.31 Å². The zero-order chi connectivity index (χ0) is 21.5. The first-order chi connectivity index (χ1) is 14.2. The molecule has 2 heterocycles. The number of hydrogen-bond donors (Lipinski definition) is 1. The van der Waals surface area contributed by atoms with Crippen LogP contribution in [0.3, 0.4) is 0 Å². The van der Waals surface area contributed by atoms with Crippen molar-refractivity contribution >= 4 is 42.6 Å². The van der Waals surface area contributed by atoms with Gasteiger partial charge in [0, 0.05) is 18.7 Å². The number of nitrogens with zero attached hydrogens (tertiary/aromatic N) is 2. The van der Waals surface area contributed by atoms with E-state index in [-0.39, 0.29) is 46.4 Å². The van der Waals surface area contributed by atoms with Crippen molar-refractivity contribution in [3.05, 3.63) is 53.8 Å². The first kappa shape index (κ1) is 20.9. The van der Waals surface area contributed by atoms with E-state index in [9.17, 15) is 17.6 Å². The SMILES string of the molecule is C[C@@H]1CN(S(=O)(=O)c2ccc(C(=O)Nc3nc4c(F)cccc4s3)cc2)C[C@H](C)O1. The van der Waals surface area contributed by atoms with E-state index in [1.807, 2.05) is 13.8 Å². The molecule has 0 bridgehead atoms. The van der Waals surface area contributed by atoms with Crippen LogP contribution in [-0.4, -0.2) is 48.9 Å². The summed E-state index contributed by atoms with van der Waals surface area (Å²) in [6.07, 6.45) is -0.376. The van der Waals surface area contributed by atoms with Gasteiger partial charge in [0.15, 0.2) is 5.13 Å². The number of carbonyl (C=O) groups is 1. The number of carbonyl (C=O) groups excluding carboxylic acids is 1. The molecule has 4 rings (SSSR count). The second-order valence-electron chi connectivity index (χ2n) is 7.16. The van der Waals surface area contributed by atoms with Crippen LogP contribution in [0.1, 0.15) is 24.2 Å². The predicted molar refractivity (Wildman–Crippen MR) is 113 cm³/mol. The Hall–Kier alpha value is -2.40. The van der Waals surface area contributed by atoms with E-state index in [0.717, 1.165) is 11.3 Å². The van der Waals surface area contributed by atoms with E-state index in [0.29, 0.717) is 4.70 Å². The molecule has 30 heavy (non-hydrogen) atoms. The van der Waals surface area contributed by atoms with Gasteiger partial charge in [0.1, 0.15) is 11.3 Å². The second kappa shape index (κ2) is 8.03. The van der Waals surface area contributed by atoms with Crippen LogP contribution in [0.15, 0.2) is 47.4 Å². The van der Waals surface area contributed by atoms with Gasteiger partial charge in [-0.3, -0.25) is 10.1 Å². The number of nitrogens with one attached hydrogen (secondary N) is 1. The molecule has 1 N–H and O–H groups in total. The second-order valence-corrected chi connectivity index (χ2v) is 10.1. The molecule has 1 aromatic heterocycles. The molecule has 3 aromatic rings. The maximum Gasteiger partial charge on any atom is 0.257 e. The lowest BCUT2D eigenvalue weighted by Gasteiger charge is -2.34. The molecule has 0 spiro atoms. The third-order valence-corrected chi connectivity index (χ3v) is 7.51. The van der Waals surface area contributed by atoms with Crippen LogP contribution in [0, 0.1) is 5.82 Å². The normalized spacial score (nSPS) is 20.4. The van der Waals surface area contributed by atoms with E-state index in [1.165, 1.54) is 34.6 Å². The lowest BCUT2D eigenvalue weighted by atomic mass is 10.2. The number of amides is 1. The molecular formula is C20H20FN3O4S2. The standard InChI is InChI=1S/C20H20FN3O4S2/c1-12-10-24(11-13(2)28-12)30(26,27)15-8-6-14(7-9-15)19(25)23-20-22-18-16(21)4-3-5-17(18)29-20/h3-9,12-13H,10-11H2,1-2H3,(H,22,23,25)/t12-,13+. The van der Waals surface area contributed by atoms with Crippen molar-refractivity contribution in [2.45, 2.75) is 31.0 Å². The fourth-order valence-electron chi connectivity index (χ4n) is 3.39. The summed E-state index contributed by atoms with van der Waals surface area (Å²) in [7, 11) is -3.68. The number of morpholine rings is 1. The van der Waals surface area contributed by atoms with Crippen LogP contribution in [0.4, 0.5) is 9.52 Å². The molecule has 7 nitrogen and oxygen atoms in total. The smallest absolute Gasteiger partial charge is 0.257 e. The van der Waals surface area contributed by atoms with Gasteiger partial charge in [0.25, 0.3) is 5.91 Å². The molecule has 1 saturated heterocycles. The number of hydrogen-bond acceptors (Lipinski definition) is 6. The van der Waals surface area contributed by atoms with Crippen molar-refractivity contribution in [2.75, 3.05) is 18.4 Å². The number of rotatable bonds is 4. The van der Waals surface area contributed by atoms with Gasteiger partial charge in [-0.25, -0.2) is 17.8 Å². The van der Waals surface area contributed by atoms with Gasteiger partial charge >= 0.3 is 0 Å². The molecule has 1 aliphatic heterocycles. The molecule has 0 radical (unpaired) electrons. The van der Waals surface area contributed by atoms with E-state index in [1.54, 1.807) is 12.1 Å². The zero-order valence-electron chi connectivity index (χ0n) is 16.3. The topological polar surface area (TPSA) is 88.6 Å². The largest absolute Gasteiger partial charge is 0.373 e. The number of sulfonamides is 1. The molecule has 2 atom stereocenters. The summed E-state index contributed by atoms with van der Waals surface area (Å²) in [5, 5.41) is 2.90. The highest BCUT2D eigenvalue weighted by Crippen LogP contribution is 2.28. The minimum Gasteiger partial charge on any atom is -0.373 e. The van der Waals surface area contributed by atoms with Gasteiger partial charge in [0.2, 0.25) is 10.0 Å². The lowest BCUT2D eigenvalue weighted by molar-refractivity contribution is -0.0440. The number of aromatic nitrogens is 1. The predicted octanol–water partition coefficient (Wildman–Crippen LogP) is 3.49. The molecule has 158 valence electrons. The Labute approximate surface area is 177 Å². The molecule has 0 aliphatic carbocycles.